The summed E-state index contributed by atoms with van der Waals surface area (Å²) in [6.07, 6.45) is 0. The van der Waals surface area contributed by atoms with Gasteiger partial charge >= 0.3 is 0 Å². The zero-order valence-corrected chi connectivity index (χ0v) is 11.5. The summed E-state index contributed by atoms with van der Waals surface area (Å²) >= 11 is 0. The van der Waals surface area contributed by atoms with Gasteiger partial charge < -0.3 is 21.7 Å². The Bertz CT molecular complexity index is 491. The number of hydrogen-bond acceptors (Lipinski definition) is 4. The number of nitrogens with two attached hydrogens (primary N) is 1. The first-order valence-corrected chi connectivity index (χ1v) is 6.25. The van der Waals surface area contributed by atoms with Gasteiger partial charge in [-0.25, -0.2) is 4.39 Å². The molecule has 0 radical (unpaired) electrons. The van der Waals surface area contributed by atoms with Crippen LogP contribution in [0, 0.1) is 5.82 Å². The number of carbonyl (C=O) groups excluding carboxylic acids is 2. The number of carbonyl (C=O) groups is 2. The van der Waals surface area contributed by atoms with E-state index in [0.29, 0.717) is 11.4 Å². The summed E-state index contributed by atoms with van der Waals surface area (Å²) in [5.41, 5.74) is 6.05. The molecule has 1 aromatic carbocycles. The van der Waals surface area contributed by atoms with E-state index in [1.165, 1.54) is 18.2 Å². The molecule has 1 aromatic rings. The quantitative estimate of drug-likeness (QED) is 0.616. The second-order valence-corrected chi connectivity index (χ2v) is 4.52. The molecule has 0 aliphatic carbocycles. The van der Waals surface area contributed by atoms with Crippen LogP contribution in [0.2, 0.25) is 0 Å². The summed E-state index contributed by atoms with van der Waals surface area (Å²) in [6.45, 7) is 3.44. The zero-order valence-electron chi connectivity index (χ0n) is 11.5. The van der Waals surface area contributed by atoms with Gasteiger partial charge in [-0.3, -0.25) is 9.59 Å². The molecule has 0 fully saturated rings. The minimum absolute atomic E-state index is 0.0874. The fourth-order valence-electron chi connectivity index (χ4n) is 1.50. The highest BCUT2D eigenvalue weighted by molar-refractivity contribution is 5.97. The Hall–Kier alpha value is -2.15. The summed E-state index contributed by atoms with van der Waals surface area (Å²) in [5.74, 6) is -1.23. The van der Waals surface area contributed by atoms with Gasteiger partial charge in [0.25, 0.3) is 0 Å². The molecule has 0 heterocycles. The molecule has 0 aliphatic rings. The third-order valence-corrected chi connectivity index (χ3v) is 2.33. The van der Waals surface area contributed by atoms with E-state index < -0.39 is 17.6 Å². The van der Waals surface area contributed by atoms with Crippen LogP contribution in [-0.2, 0) is 9.59 Å². The molecule has 0 unspecified atom stereocenters. The van der Waals surface area contributed by atoms with Gasteiger partial charge in [0.05, 0.1) is 24.5 Å². The van der Waals surface area contributed by atoms with E-state index in [9.17, 15) is 14.0 Å². The number of anilines is 2. The SMILES string of the molecule is CC(C)Nc1cc(F)ccc1NC(=O)CNC(=O)CN. The highest BCUT2D eigenvalue weighted by Gasteiger charge is 2.09. The zero-order chi connectivity index (χ0) is 15.1. The lowest BCUT2D eigenvalue weighted by molar-refractivity contribution is -0.123. The lowest BCUT2D eigenvalue weighted by atomic mass is 10.2. The fourth-order valence-corrected chi connectivity index (χ4v) is 1.50. The molecule has 6 nitrogen and oxygen atoms in total. The van der Waals surface area contributed by atoms with Crippen LogP contribution in [0.3, 0.4) is 0 Å². The number of hydrogen-bond donors (Lipinski definition) is 4. The molecule has 20 heavy (non-hydrogen) atoms. The maximum absolute atomic E-state index is 13.2. The van der Waals surface area contributed by atoms with Crippen LogP contribution in [-0.4, -0.2) is 30.9 Å². The maximum Gasteiger partial charge on any atom is 0.243 e. The molecule has 0 spiro atoms. The third-order valence-electron chi connectivity index (χ3n) is 2.33. The largest absolute Gasteiger partial charge is 0.381 e. The molecule has 0 aromatic heterocycles. The Morgan fingerprint density at radius 2 is 1.95 bits per heavy atom. The second-order valence-electron chi connectivity index (χ2n) is 4.52. The van der Waals surface area contributed by atoms with Crippen molar-refractivity contribution in [3.63, 3.8) is 0 Å². The highest BCUT2D eigenvalue weighted by Crippen LogP contribution is 2.23. The van der Waals surface area contributed by atoms with Gasteiger partial charge in [0.1, 0.15) is 5.82 Å². The Morgan fingerprint density at radius 3 is 2.55 bits per heavy atom. The van der Waals surface area contributed by atoms with E-state index in [2.05, 4.69) is 16.0 Å². The van der Waals surface area contributed by atoms with E-state index in [1.807, 2.05) is 13.8 Å². The minimum atomic E-state index is -0.417. The molecule has 5 N–H and O–H groups in total. The van der Waals surface area contributed by atoms with Crippen LogP contribution in [0.5, 0.6) is 0 Å². The van der Waals surface area contributed by atoms with E-state index >= 15 is 0 Å². The first-order valence-electron chi connectivity index (χ1n) is 6.25. The van der Waals surface area contributed by atoms with E-state index in [-0.39, 0.29) is 19.1 Å². The van der Waals surface area contributed by atoms with Crippen LogP contribution in [0.4, 0.5) is 15.8 Å². The monoisotopic (exact) mass is 282 g/mol. The minimum Gasteiger partial charge on any atom is -0.381 e. The summed E-state index contributed by atoms with van der Waals surface area (Å²) < 4.78 is 13.2. The average Bonchev–Trinajstić information content (AvgIpc) is 2.38. The van der Waals surface area contributed by atoms with E-state index in [1.54, 1.807) is 0 Å². The normalized spacial score (nSPS) is 10.2. The fraction of sp³-hybridized carbons (Fsp3) is 0.385. The molecule has 110 valence electrons. The molecular weight excluding hydrogens is 263 g/mol. The number of halogens is 1. The van der Waals surface area contributed by atoms with Gasteiger partial charge in [-0.05, 0) is 32.0 Å². The van der Waals surface area contributed by atoms with Crippen molar-refractivity contribution in [1.29, 1.82) is 0 Å². The van der Waals surface area contributed by atoms with Crippen LogP contribution in [0.1, 0.15) is 13.8 Å². The van der Waals surface area contributed by atoms with E-state index in [0.717, 1.165) is 0 Å². The van der Waals surface area contributed by atoms with Crippen molar-refractivity contribution in [3.8, 4) is 0 Å². The molecule has 2 amide bonds. The topological polar surface area (TPSA) is 96.2 Å². The van der Waals surface area contributed by atoms with Crippen LogP contribution >= 0.6 is 0 Å². The summed E-state index contributed by atoms with van der Waals surface area (Å²) in [4.78, 5) is 22.6. The van der Waals surface area contributed by atoms with Crippen molar-refractivity contribution in [3.05, 3.63) is 24.0 Å². The van der Waals surface area contributed by atoms with Crippen molar-refractivity contribution < 1.29 is 14.0 Å². The number of rotatable bonds is 6. The van der Waals surface area contributed by atoms with Crippen molar-refractivity contribution >= 4 is 23.2 Å². The van der Waals surface area contributed by atoms with Gasteiger partial charge in [0, 0.05) is 6.04 Å². The van der Waals surface area contributed by atoms with Gasteiger partial charge in [-0.15, -0.1) is 0 Å². The van der Waals surface area contributed by atoms with Crippen molar-refractivity contribution in [2.45, 2.75) is 19.9 Å². The third kappa shape index (κ3) is 5.23. The smallest absolute Gasteiger partial charge is 0.243 e. The van der Waals surface area contributed by atoms with Gasteiger partial charge in [0.15, 0.2) is 0 Å². The number of nitrogens with one attached hydrogen (secondary N) is 3. The Balaban J connectivity index is 2.71. The highest BCUT2D eigenvalue weighted by atomic mass is 19.1. The molecule has 7 heteroatoms. The lowest BCUT2D eigenvalue weighted by Gasteiger charge is -2.15. The van der Waals surface area contributed by atoms with Crippen molar-refractivity contribution in [1.82, 2.24) is 5.32 Å². The first-order chi connectivity index (χ1) is 9.42. The predicted octanol–water partition coefficient (Wildman–Crippen LogP) is 0.659. The van der Waals surface area contributed by atoms with Gasteiger partial charge in [-0.1, -0.05) is 0 Å². The van der Waals surface area contributed by atoms with Gasteiger partial charge in [0.2, 0.25) is 11.8 Å². The molecule has 0 aliphatic heterocycles. The average molecular weight is 282 g/mol. The second kappa shape index (κ2) is 7.44. The summed E-state index contributed by atoms with van der Waals surface area (Å²) in [5, 5.41) is 7.99. The molecule has 0 saturated carbocycles. The molecule has 0 bridgehead atoms. The molecule has 0 saturated heterocycles. The maximum atomic E-state index is 13.2. The standard InChI is InChI=1S/C13H19FN4O2/c1-8(2)17-11-5-9(14)3-4-10(11)18-13(20)7-16-12(19)6-15/h3-5,8,17H,6-7,15H2,1-2H3,(H,16,19)(H,18,20). The summed E-state index contributed by atoms with van der Waals surface area (Å²) in [6, 6.07) is 4.10. The Labute approximate surface area is 116 Å². The Morgan fingerprint density at radius 1 is 1.25 bits per heavy atom. The van der Waals surface area contributed by atoms with Crippen LogP contribution in [0.25, 0.3) is 0 Å². The Kier molecular flexibility index (Phi) is 5.92. The van der Waals surface area contributed by atoms with Crippen LogP contribution < -0.4 is 21.7 Å². The lowest BCUT2D eigenvalue weighted by Crippen LogP contribution is -2.36. The van der Waals surface area contributed by atoms with E-state index in [4.69, 9.17) is 5.73 Å². The first kappa shape index (κ1) is 15.9. The van der Waals surface area contributed by atoms with Crippen LogP contribution in [0.15, 0.2) is 18.2 Å². The molecule has 1 rings (SSSR count). The number of amides is 2. The van der Waals surface area contributed by atoms with Crippen molar-refractivity contribution in [2.75, 3.05) is 23.7 Å². The summed E-state index contributed by atoms with van der Waals surface area (Å²) in [7, 11) is 0. The molecular formula is C13H19FN4O2. The van der Waals surface area contributed by atoms with Gasteiger partial charge in [-0.2, -0.15) is 0 Å². The predicted molar refractivity (Wildman–Crippen MR) is 75.9 cm³/mol. The number of benzene rings is 1. The molecule has 0 atom stereocenters. The van der Waals surface area contributed by atoms with Crippen molar-refractivity contribution in [2.24, 2.45) is 5.73 Å².